The van der Waals surface area contributed by atoms with E-state index in [1.165, 1.54) is 7.11 Å². The van der Waals surface area contributed by atoms with E-state index in [4.69, 9.17) is 4.74 Å². The normalized spacial score (nSPS) is 16.1. The number of nitrogens with one attached hydrogen (secondary N) is 1. The van der Waals surface area contributed by atoms with Crippen molar-refractivity contribution < 1.29 is 23.9 Å². The molecule has 1 fully saturated rings. The Hall–Kier alpha value is -3.35. The van der Waals surface area contributed by atoms with Crippen LogP contribution in [0.3, 0.4) is 0 Å². The first-order valence-electron chi connectivity index (χ1n) is 8.46. The standard InChI is InChI=1S/C20H20N2O5/c1-26-17-6-4-3-5-16(17)22-12-14(11-18(22)23)19(24)21-15-9-7-13(8-10-15)20(25)27-2/h3-10,14H,11-12H2,1-2H3,(H,21,24)/t14-/m0/s1. The Labute approximate surface area is 156 Å². The molecular formula is C20H20N2O5. The molecule has 2 aromatic rings. The maximum Gasteiger partial charge on any atom is 0.337 e. The summed E-state index contributed by atoms with van der Waals surface area (Å²) < 4.78 is 9.95. The molecule has 0 aromatic heterocycles. The number of rotatable bonds is 5. The molecule has 2 amide bonds. The number of carbonyl (C=O) groups excluding carboxylic acids is 3. The molecule has 0 unspecified atom stereocenters. The fourth-order valence-corrected chi connectivity index (χ4v) is 3.02. The smallest absolute Gasteiger partial charge is 0.337 e. The lowest BCUT2D eigenvalue weighted by Gasteiger charge is -2.19. The van der Waals surface area contributed by atoms with Crippen molar-refractivity contribution in [3.8, 4) is 5.75 Å². The van der Waals surface area contributed by atoms with Gasteiger partial charge in [-0.3, -0.25) is 9.59 Å². The first-order chi connectivity index (χ1) is 13.0. The van der Waals surface area contributed by atoms with Crippen molar-refractivity contribution in [1.82, 2.24) is 0 Å². The van der Waals surface area contributed by atoms with Gasteiger partial charge in [-0.25, -0.2) is 4.79 Å². The highest BCUT2D eigenvalue weighted by Crippen LogP contribution is 2.33. The number of benzene rings is 2. The molecule has 2 aromatic carbocycles. The lowest BCUT2D eigenvalue weighted by Crippen LogP contribution is -2.28. The predicted octanol–water partition coefficient (Wildman–Crippen LogP) is 2.47. The minimum absolute atomic E-state index is 0.124. The number of carbonyl (C=O) groups is 3. The van der Waals surface area contributed by atoms with E-state index in [1.54, 1.807) is 48.4 Å². The number of esters is 1. The van der Waals surface area contributed by atoms with E-state index in [0.717, 1.165) is 0 Å². The first kappa shape index (κ1) is 18.4. The van der Waals surface area contributed by atoms with Gasteiger partial charge in [0.1, 0.15) is 5.75 Å². The maximum atomic E-state index is 12.6. The Morgan fingerprint density at radius 2 is 1.78 bits per heavy atom. The number of hydrogen-bond acceptors (Lipinski definition) is 5. The largest absolute Gasteiger partial charge is 0.495 e. The van der Waals surface area contributed by atoms with E-state index in [-0.39, 0.29) is 24.8 Å². The van der Waals surface area contributed by atoms with Gasteiger partial charge in [0.05, 0.1) is 31.4 Å². The molecule has 0 spiro atoms. The van der Waals surface area contributed by atoms with E-state index in [1.807, 2.05) is 12.1 Å². The van der Waals surface area contributed by atoms with Crippen LogP contribution in [0, 0.1) is 5.92 Å². The van der Waals surface area contributed by atoms with Gasteiger partial charge in [-0.05, 0) is 36.4 Å². The molecule has 7 nitrogen and oxygen atoms in total. The van der Waals surface area contributed by atoms with Crippen molar-refractivity contribution in [2.45, 2.75) is 6.42 Å². The first-order valence-corrected chi connectivity index (χ1v) is 8.46. The summed E-state index contributed by atoms with van der Waals surface area (Å²) in [5.74, 6) is -0.693. The second-order valence-corrected chi connectivity index (χ2v) is 6.14. The van der Waals surface area contributed by atoms with E-state index in [0.29, 0.717) is 22.7 Å². The van der Waals surface area contributed by atoms with Crippen LogP contribution >= 0.6 is 0 Å². The van der Waals surface area contributed by atoms with Crippen molar-refractivity contribution in [3.63, 3.8) is 0 Å². The Morgan fingerprint density at radius 1 is 1.07 bits per heavy atom. The third-order valence-electron chi connectivity index (χ3n) is 4.45. The summed E-state index contributed by atoms with van der Waals surface area (Å²) >= 11 is 0. The van der Waals surface area contributed by atoms with Gasteiger partial charge in [0.2, 0.25) is 11.8 Å². The lowest BCUT2D eigenvalue weighted by atomic mass is 10.1. The molecule has 1 atom stereocenters. The molecule has 0 saturated carbocycles. The van der Waals surface area contributed by atoms with E-state index in [2.05, 4.69) is 10.1 Å². The Morgan fingerprint density at radius 3 is 2.44 bits per heavy atom. The molecule has 7 heteroatoms. The Balaban J connectivity index is 1.68. The number of methoxy groups -OCH3 is 2. The summed E-state index contributed by atoms with van der Waals surface area (Å²) in [5.41, 5.74) is 1.60. The van der Waals surface area contributed by atoms with Crippen LogP contribution in [-0.4, -0.2) is 38.5 Å². The fourth-order valence-electron chi connectivity index (χ4n) is 3.02. The maximum absolute atomic E-state index is 12.6. The monoisotopic (exact) mass is 368 g/mol. The van der Waals surface area contributed by atoms with E-state index in [9.17, 15) is 14.4 Å². The van der Waals surface area contributed by atoms with Gasteiger partial charge in [0.15, 0.2) is 0 Å². The average Bonchev–Trinajstić information content (AvgIpc) is 3.09. The molecule has 3 rings (SSSR count). The van der Waals surface area contributed by atoms with Gasteiger partial charge in [0.25, 0.3) is 0 Å². The van der Waals surface area contributed by atoms with Crippen LogP contribution in [0.15, 0.2) is 48.5 Å². The molecular weight excluding hydrogens is 348 g/mol. The summed E-state index contributed by atoms with van der Waals surface area (Å²) in [7, 11) is 2.85. The molecule has 27 heavy (non-hydrogen) atoms. The second-order valence-electron chi connectivity index (χ2n) is 6.14. The molecule has 0 bridgehead atoms. The number of ether oxygens (including phenoxy) is 2. The van der Waals surface area contributed by atoms with Gasteiger partial charge >= 0.3 is 5.97 Å². The number of para-hydroxylation sites is 2. The SMILES string of the molecule is COC(=O)c1ccc(NC(=O)[C@H]2CC(=O)N(c3ccccc3OC)C2)cc1. The molecule has 1 heterocycles. The highest BCUT2D eigenvalue weighted by atomic mass is 16.5. The fraction of sp³-hybridized carbons (Fsp3) is 0.250. The Bertz CT molecular complexity index is 863. The lowest BCUT2D eigenvalue weighted by molar-refractivity contribution is -0.122. The van der Waals surface area contributed by atoms with Crippen LogP contribution in [0.1, 0.15) is 16.8 Å². The van der Waals surface area contributed by atoms with Crippen LogP contribution in [0.2, 0.25) is 0 Å². The third-order valence-corrected chi connectivity index (χ3v) is 4.45. The predicted molar refractivity (Wildman–Crippen MR) is 99.9 cm³/mol. The summed E-state index contributed by atoms with van der Waals surface area (Å²) in [6.07, 6.45) is 0.129. The molecule has 1 saturated heterocycles. The minimum atomic E-state index is -0.470. The number of anilines is 2. The third kappa shape index (κ3) is 3.92. The molecule has 0 radical (unpaired) electrons. The van der Waals surface area contributed by atoms with E-state index < -0.39 is 11.9 Å². The average molecular weight is 368 g/mol. The van der Waals surface area contributed by atoms with Gasteiger partial charge in [-0.1, -0.05) is 12.1 Å². The van der Waals surface area contributed by atoms with Crippen molar-refractivity contribution >= 4 is 29.2 Å². The van der Waals surface area contributed by atoms with Gasteiger partial charge < -0.3 is 19.7 Å². The zero-order chi connectivity index (χ0) is 19.4. The molecule has 1 aliphatic heterocycles. The zero-order valence-corrected chi connectivity index (χ0v) is 15.1. The van der Waals surface area contributed by atoms with Crippen LogP contribution in [0.5, 0.6) is 5.75 Å². The van der Waals surface area contributed by atoms with Crippen molar-refractivity contribution in [3.05, 3.63) is 54.1 Å². The number of amides is 2. The van der Waals surface area contributed by atoms with Crippen molar-refractivity contribution in [2.75, 3.05) is 31.0 Å². The summed E-state index contributed by atoms with van der Waals surface area (Å²) in [4.78, 5) is 38.0. The van der Waals surface area contributed by atoms with Crippen LogP contribution in [-0.2, 0) is 14.3 Å². The van der Waals surface area contributed by atoms with Crippen LogP contribution in [0.25, 0.3) is 0 Å². The summed E-state index contributed by atoms with van der Waals surface area (Å²) in [6, 6.07) is 13.6. The number of nitrogens with zero attached hydrogens (tertiary/aromatic N) is 1. The van der Waals surface area contributed by atoms with Gasteiger partial charge in [-0.2, -0.15) is 0 Å². The quantitative estimate of drug-likeness (QED) is 0.820. The second kappa shape index (κ2) is 7.90. The van der Waals surface area contributed by atoms with Crippen molar-refractivity contribution in [1.29, 1.82) is 0 Å². The number of hydrogen-bond donors (Lipinski definition) is 1. The minimum Gasteiger partial charge on any atom is -0.495 e. The van der Waals surface area contributed by atoms with Gasteiger partial charge in [0, 0.05) is 18.7 Å². The summed E-state index contributed by atoms with van der Waals surface area (Å²) in [5, 5.41) is 2.79. The highest BCUT2D eigenvalue weighted by Gasteiger charge is 2.36. The molecule has 1 N–H and O–H groups in total. The van der Waals surface area contributed by atoms with Crippen LogP contribution in [0.4, 0.5) is 11.4 Å². The van der Waals surface area contributed by atoms with Gasteiger partial charge in [-0.15, -0.1) is 0 Å². The zero-order valence-electron chi connectivity index (χ0n) is 15.1. The van der Waals surface area contributed by atoms with Crippen LogP contribution < -0.4 is 15.0 Å². The van der Waals surface area contributed by atoms with Crippen molar-refractivity contribution in [2.24, 2.45) is 5.92 Å². The molecule has 1 aliphatic rings. The summed E-state index contributed by atoms with van der Waals surface area (Å²) in [6.45, 7) is 0.283. The molecule has 140 valence electrons. The highest BCUT2D eigenvalue weighted by molar-refractivity contribution is 6.04. The van der Waals surface area contributed by atoms with E-state index >= 15 is 0 Å². The topological polar surface area (TPSA) is 84.9 Å². The molecule has 0 aliphatic carbocycles. The Kier molecular flexibility index (Phi) is 5.40.